The van der Waals surface area contributed by atoms with Crippen LogP contribution in [0.2, 0.25) is 0 Å². The van der Waals surface area contributed by atoms with Gasteiger partial charge in [-0.3, -0.25) is 14.2 Å². The average Bonchev–Trinajstić information content (AvgIpc) is 3.09. The fourth-order valence-electron chi connectivity index (χ4n) is 2.44. The van der Waals surface area contributed by atoms with Crippen molar-refractivity contribution in [3.8, 4) is 0 Å². The van der Waals surface area contributed by atoms with Gasteiger partial charge < -0.3 is 4.74 Å². The Morgan fingerprint density at radius 3 is 2.84 bits per heavy atom. The summed E-state index contributed by atoms with van der Waals surface area (Å²) in [6, 6.07) is 11.8. The Bertz CT molecular complexity index is 919. The third kappa shape index (κ3) is 4.29. The largest absolute Gasteiger partial charge is 0.465 e. The minimum Gasteiger partial charge on any atom is -0.465 e. The summed E-state index contributed by atoms with van der Waals surface area (Å²) < 4.78 is 7.27. The average molecular weight is 374 g/mol. The lowest BCUT2D eigenvalue weighted by atomic mass is 10.1. The van der Waals surface area contributed by atoms with Crippen LogP contribution in [0.15, 0.2) is 51.7 Å². The maximum atomic E-state index is 12.8. The monoisotopic (exact) mass is 374 g/mol. The molecule has 25 heavy (non-hydrogen) atoms. The van der Waals surface area contributed by atoms with Gasteiger partial charge in [-0.2, -0.15) is 0 Å². The van der Waals surface area contributed by atoms with Crippen molar-refractivity contribution in [1.29, 1.82) is 0 Å². The Labute approximate surface area is 153 Å². The Balaban J connectivity index is 1.87. The molecule has 7 heteroatoms. The second kappa shape index (κ2) is 8.31. The van der Waals surface area contributed by atoms with Gasteiger partial charge in [0.2, 0.25) is 0 Å². The summed E-state index contributed by atoms with van der Waals surface area (Å²) in [6.07, 6.45) is 0.728. The van der Waals surface area contributed by atoms with Gasteiger partial charge in [-0.1, -0.05) is 42.1 Å². The Hall–Kier alpha value is -2.12. The first-order valence-corrected chi connectivity index (χ1v) is 9.86. The van der Waals surface area contributed by atoms with Crippen LogP contribution < -0.4 is 5.56 Å². The number of carbonyl (C=O) groups is 1. The minimum atomic E-state index is -0.304. The van der Waals surface area contributed by atoms with E-state index >= 15 is 0 Å². The predicted octanol–water partition coefficient (Wildman–Crippen LogP) is 3.36. The SMILES string of the molecule is CCOC(=O)CSc1nc2ccsc2c(=O)n1CCc1ccccc1. The summed E-state index contributed by atoms with van der Waals surface area (Å²) in [6.45, 7) is 2.64. The van der Waals surface area contributed by atoms with E-state index in [0.717, 1.165) is 12.0 Å². The summed E-state index contributed by atoms with van der Waals surface area (Å²) in [7, 11) is 0. The number of thioether (sulfide) groups is 1. The molecule has 0 bridgehead atoms. The third-order valence-electron chi connectivity index (χ3n) is 3.62. The van der Waals surface area contributed by atoms with Crippen LogP contribution in [0.25, 0.3) is 10.2 Å². The highest BCUT2D eigenvalue weighted by atomic mass is 32.2. The first kappa shape index (κ1) is 17.7. The van der Waals surface area contributed by atoms with Crippen LogP contribution in [0.1, 0.15) is 12.5 Å². The lowest BCUT2D eigenvalue weighted by molar-refractivity contribution is -0.139. The number of carbonyl (C=O) groups excluding carboxylic acids is 1. The van der Waals surface area contributed by atoms with E-state index in [4.69, 9.17) is 4.74 Å². The molecule has 0 spiro atoms. The number of ether oxygens (including phenoxy) is 1. The van der Waals surface area contributed by atoms with Crippen molar-refractivity contribution < 1.29 is 9.53 Å². The Kier molecular flexibility index (Phi) is 5.88. The zero-order valence-electron chi connectivity index (χ0n) is 13.8. The molecule has 3 aromatic rings. The summed E-state index contributed by atoms with van der Waals surface area (Å²) in [4.78, 5) is 29.0. The number of aryl methyl sites for hydroxylation is 1. The van der Waals surface area contributed by atoms with Gasteiger partial charge in [0.15, 0.2) is 5.16 Å². The van der Waals surface area contributed by atoms with Gasteiger partial charge in [-0.15, -0.1) is 11.3 Å². The highest BCUT2D eigenvalue weighted by Gasteiger charge is 2.14. The molecule has 0 aliphatic carbocycles. The molecule has 2 heterocycles. The van der Waals surface area contributed by atoms with Gasteiger partial charge in [0.25, 0.3) is 5.56 Å². The van der Waals surface area contributed by atoms with Gasteiger partial charge in [0, 0.05) is 6.54 Å². The molecule has 0 amide bonds. The van der Waals surface area contributed by atoms with Crippen LogP contribution >= 0.6 is 23.1 Å². The third-order valence-corrected chi connectivity index (χ3v) is 5.46. The molecule has 3 rings (SSSR count). The Morgan fingerprint density at radius 2 is 2.08 bits per heavy atom. The van der Waals surface area contributed by atoms with Crippen molar-refractivity contribution in [2.75, 3.05) is 12.4 Å². The maximum Gasteiger partial charge on any atom is 0.316 e. The summed E-state index contributed by atoms with van der Waals surface area (Å²) in [5.74, 6) is -0.164. The molecule has 0 saturated heterocycles. The van der Waals surface area contributed by atoms with Crippen molar-refractivity contribution in [3.05, 3.63) is 57.7 Å². The molecule has 0 N–H and O–H groups in total. The van der Waals surface area contributed by atoms with Crippen molar-refractivity contribution in [2.45, 2.75) is 25.0 Å². The van der Waals surface area contributed by atoms with E-state index in [9.17, 15) is 9.59 Å². The number of esters is 1. The quantitative estimate of drug-likeness (QED) is 0.361. The zero-order valence-corrected chi connectivity index (χ0v) is 15.4. The summed E-state index contributed by atoms with van der Waals surface area (Å²) in [5, 5.41) is 2.42. The number of nitrogens with zero attached hydrogens (tertiary/aromatic N) is 2. The highest BCUT2D eigenvalue weighted by molar-refractivity contribution is 7.99. The molecule has 2 aromatic heterocycles. The second-order valence-corrected chi connectivity index (χ2v) is 7.17. The fraction of sp³-hybridized carbons (Fsp3) is 0.278. The van der Waals surface area contributed by atoms with Gasteiger partial charge in [0.1, 0.15) is 4.70 Å². The van der Waals surface area contributed by atoms with Crippen molar-refractivity contribution in [2.24, 2.45) is 0 Å². The normalized spacial score (nSPS) is 10.9. The number of thiophene rings is 1. The highest BCUT2D eigenvalue weighted by Crippen LogP contribution is 2.21. The Morgan fingerprint density at radius 1 is 1.28 bits per heavy atom. The van der Waals surface area contributed by atoms with E-state index in [2.05, 4.69) is 4.98 Å². The summed E-state index contributed by atoms with van der Waals surface area (Å²) >= 11 is 2.64. The van der Waals surface area contributed by atoms with Crippen molar-refractivity contribution in [3.63, 3.8) is 0 Å². The standard InChI is InChI=1S/C18H18N2O3S2/c1-2-23-15(21)12-25-18-19-14-9-11-24-16(14)17(22)20(18)10-8-13-6-4-3-5-7-13/h3-7,9,11H,2,8,10,12H2,1H3. The molecule has 1 aromatic carbocycles. The van der Waals surface area contributed by atoms with E-state index < -0.39 is 0 Å². The van der Waals surface area contributed by atoms with Gasteiger partial charge in [-0.25, -0.2) is 4.98 Å². The molecule has 0 aliphatic rings. The van der Waals surface area contributed by atoms with E-state index in [1.165, 1.54) is 23.1 Å². The van der Waals surface area contributed by atoms with Crippen LogP contribution in [0.3, 0.4) is 0 Å². The van der Waals surface area contributed by atoms with E-state index in [-0.39, 0.29) is 17.3 Å². The topological polar surface area (TPSA) is 61.2 Å². The van der Waals surface area contributed by atoms with E-state index in [1.54, 1.807) is 11.5 Å². The number of aromatic nitrogens is 2. The number of hydrogen-bond acceptors (Lipinski definition) is 6. The van der Waals surface area contributed by atoms with Crippen LogP contribution in [0.5, 0.6) is 0 Å². The molecule has 0 saturated carbocycles. The van der Waals surface area contributed by atoms with Crippen LogP contribution in [0, 0.1) is 0 Å². The zero-order chi connectivity index (χ0) is 17.6. The maximum absolute atomic E-state index is 12.8. The number of fused-ring (bicyclic) bond motifs is 1. The number of hydrogen-bond donors (Lipinski definition) is 0. The van der Waals surface area contributed by atoms with Crippen molar-refractivity contribution >= 4 is 39.3 Å². The molecule has 0 unspecified atom stereocenters. The van der Waals surface area contributed by atoms with Gasteiger partial charge in [0.05, 0.1) is 17.9 Å². The molecular formula is C18H18N2O3S2. The first-order valence-electron chi connectivity index (χ1n) is 7.99. The lowest BCUT2D eigenvalue weighted by Crippen LogP contribution is -2.24. The predicted molar refractivity (Wildman–Crippen MR) is 101 cm³/mol. The van der Waals surface area contributed by atoms with Gasteiger partial charge in [-0.05, 0) is 30.4 Å². The van der Waals surface area contributed by atoms with Crippen molar-refractivity contribution in [1.82, 2.24) is 9.55 Å². The second-order valence-electron chi connectivity index (χ2n) is 5.32. The van der Waals surface area contributed by atoms with Crippen LogP contribution in [0.4, 0.5) is 0 Å². The molecule has 0 fully saturated rings. The van der Waals surface area contributed by atoms with E-state index in [0.29, 0.717) is 28.5 Å². The summed E-state index contributed by atoms with van der Waals surface area (Å²) in [5.41, 5.74) is 1.78. The number of rotatable bonds is 7. The molecule has 5 nitrogen and oxygen atoms in total. The van der Waals surface area contributed by atoms with Gasteiger partial charge >= 0.3 is 5.97 Å². The molecule has 0 radical (unpaired) electrons. The molecular weight excluding hydrogens is 356 g/mol. The lowest BCUT2D eigenvalue weighted by Gasteiger charge is -2.12. The van der Waals surface area contributed by atoms with Crippen LogP contribution in [-0.4, -0.2) is 27.9 Å². The smallest absolute Gasteiger partial charge is 0.316 e. The molecule has 0 aliphatic heterocycles. The van der Waals surface area contributed by atoms with Crippen LogP contribution in [-0.2, 0) is 22.5 Å². The number of benzene rings is 1. The minimum absolute atomic E-state index is 0.0534. The molecule has 0 atom stereocenters. The fourth-order valence-corrected chi connectivity index (χ4v) is 4.04. The molecule has 130 valence electrons. The van der Waals surface area contributed by atoms with E-state index in [1.807, 2.05) is 41.8 Å². The first-order chi connectivity index (χ1) is 12.2.